The Kier molecular flexibility index (Phi) is 4.24. The minimum atomic E-state index is -0.558. The van der Waals surface area contributed by atoms with Gasteiger partial charge in [-0.05, 0) is 23.8 Å². The second-order valence-corrected chi connectivity index (χ2v) is 4.72. The quantitative estimate of drug-likeness (QED) is 0.852. The van der Waals surface area contributed by atoms with Crippen LogP contribution in [0.5, 0.6) is 0 Å². The molecular formula is C13H11Cl2N3O. The van der Waals surface area contributed by atoms with E-state index < -0.39 is 5.91 Å². The summed E-state index contributed by atoms with van der Waals surface area (Å²) in [5.74, 6) is -0.558. The van der Waals surface area contributed by atoms with Gasteiger partial charge in [-0.25, -0.2) is 4.98 Å². The molecule has 0 bridgehead atoms. The first-order chi connectivity index (χ1) is 9.06. The van der Waals surface area contributed by atoms with Gasteiger partial charge in [-0.15, -0.1) is 0 Å². The molecule has 0 aliphatic rings. The van der Waals surface area contributed by atoms with E-state index >= 15 is 0 Å². The van der Waals surface area contributed by atoms with Crippen molar-refractivity contribution < 1.29 is 4.79 Å². The van der Waals surface area contributed by atoms with E-state index in [1.54, 1.807) is 12.1 Å². The summed E-state index contributed by atoms with van der Waals surface area (Å²) in [6.07, 6.45) is 1.35. The van der Waals surface area contributed by atoms with Crippen molar-refractivity contribution in [1.29, 1.82) is 0 Å². The molecule has 0 fully saturated rings. The van der Waals surface area contributed by atoms with Crippen LogP contribution < -0.4 is 11.1 Å². The molecule has 0 saturated carbocycles. The lowest BCUT2D eigenvalue weighted by Gasteiger charge is -2.10. The first-order valence-electron chi connectivity index (χ1n) is 5.50. The summed E-state index contributed by atoms with van der Waals surface area (Å²) in [6, 6.07) is 8.97. The van der Waals surface area contributed by atoms with Crippen LogP contribution in [0, 0.1) is 0 Å². The number of rotatable bonds is 4. The van der Waals surface area contributed by atoms with Crippen molar-refractivity contribution in [2.75, 3.05) is 5.32 Å². The number of primary amides is 1. The maximum Gasteiger partial charge on any atom is 0.252 e. The van der Waals surface area contributed by atoms with Crippen molar-refractivity contribution in [3.63, 3.8) is 0 Å². The Morgan fingerprint density at radius 3 is 2.79 bits per heavy atom. The van der Waals surface area contributed by atoms with Crippen LogP contribution in [0.25, 0.3) is 0 Å². The van der Waals surface area contributed by atoms with Crippen LogP contribution in [-0.2, 0) is 6.54 Å². The van der Waals surface area contributed by atoms with Gasteiger partial charge in [0.2, 0.25) is 0 Å². The van der Waals surface area contributed by atoms with Gasteiger partial charge in [-0.1, -0.05) is 35.3 Å². The fourth-order valence-electron chi connectivity index (χ4n) is 1.62. The largest absolute Gasteiger partial charge is 0.380 e. The Labute approximate surface area is 120 Å². The van der Waals surface area contributed by atoms with Gasteiger partial charge in [0, 0.05) is 17.8 Å². The molecule has 1 aromatic heterocycles. The maximum absolute atomic E-state index is 11.3. The number of halogens is 2. The lowest BCUT2D eigenvalue weighted by Crippen LogP contribution is -2.15. The van der Waals surface area contributed by atoms with E-state index in [1.807, 2.05) is 18.2 Å². The molecule has 2 rings (SSSR count). The molecule has 0 aliphatic carbocycles. The molecule has 3 N–H and O–H groups in total. The second-order valence-electron chi connectivity index (χ2n) is 3.90. The molecule has 0 unspecified atom stereocenters. The van der Waals surface area contributed by atoms with Gasteiger partial charge in [-0.3, -0.25) is 4.79 Å². The Bertz CT molecular complexity index is 617. The van der Waals surface area contributed by atoms with Gasteiger partial charge in [0.1, 0.15) is 5.15 Å². The molecule has 0 spiro atoms. The van der Waals surface area contributed by atoms with Crippen molar-refractivity contribution in [2.24, 2.45) is 5.73 Å². The van der Waals surface area contributed by atoms with Gasteiger partial charge in [0.05, 0.1) is 11.3 Å². The van der Waals surface area contributed by atoms with E-state index in [4.69, 9.17) is 28.9 Å². The number of pyridine rings is 1. The third-order valence-electron chi connectivity index (χ3n) is 2.51. The molecule has 98 valence electrons. The van der Waals surface area contributed by atoms with E-state index in [2.05, 4.69) is 10.3 Å². The van der Waals surface area contributed by atoms with E-state index in [-0.39, 0.29) is 0 Å². The summed E-state index contributed by atoms with van der Waals surface area (Å²) >= 11 is 11.7. The molecule has 1 heterocycles. The Balaban J connectivity index is 2.19. The highest BCUT2D eigenvalue weighted by atomic mass is 35.5. The van der Waals surface area contributed by atoms with Crippen LogP contribution in [0.15, 0.2) is 36.5 Å². The number of benzene rings is 1. The number of nitrogens with zero attached hydrogens (tertiary/aromatic N) is 1. The second kappa shape index (κ2) is 5.91. The summed E-state index contributed by atoms with van der Waals surface area (Å²) in [4.78, 5) is 15.1. The highest BCUT2D eigenvalue weighted by Crippen LogP contribution is 2.20. The van der Waals surface area contributed by atoms with Crippen LogP contribution >= 0.6 is 23.2 Å². The van der Waals surface area contributed by atoms with Crippen LogP contribution in [0.2, 0.25) is 10.2 Å². The summed E-state index contributed by atoms with van der Waals surface area (Å²) in [7, 11) is 0. The Morgan fingerprint density at radius 1 is 1.32 bits per heavy atom. The molecule has 0 atom stereocenters. The zero-order valence-corrected chi connectivity index (χ0v) is 11.4. The first kappa shape index (κ1) is 13.6. The number of aromatic nitrogens is 1. The summed E-state index contributed by atoms with van der Waals surface area (Å²) < 4.78 is 0. The zero-order valence-electron chi connectivity index (χ0n) is 9.86. The molecule has 1 aromatic carbocycles. The van der Waals surface area contributed by atoms with E-state index in [9.17, 15) is 4.79 Å². The van der Waals surface area contributed by atoms with Crippen LogP contribution in [0.1, 0.15) is 15.9 Å². The number of anilines is 1. The smallest absolute Gasteiger partial charge is 0.252 e. The first-order valence-corrected chi connectivity index (χ1v) is 6.25. The molecular weight excluding hydrogens is 285 g/mol. The van der Waals surface area contributed by atoms with Crippen LogP contribution in [0.3, 0.4) is 0 Å². The fraction of sp³-hybridized carbons (Fsp3) is 0.0769. The lowest BCUT2D eigenvalue weighted by molar-refractivity contribution is 0.100. The molecule has 19 heavy (non-hydrogen) atoms. The number of nitrogens with one attached hydrogen (secondary N) is 1. The Morgan fingerprint density at radius 2 is 2.11 bits per heavy atom. The zero-order chi connectivity index (χ0) is 13.8. The summed E-state index contributed by atoms with van der Waals surface area (Å²) in [5, 5.41) is 4.04. The average molecular weight is 296 g/mol. The summed E-state index contributed by atoms with van der Waals surface area (Å²) in [6.45, 7) is 0.501. The highest BCUT2D eigenvalue weighted by Gasteiger charge is 2.09. The third-order valence-corrected chi connectivity index (χ3v) is 2.95. The van der Waals surface area contributed by atoms with Gasteiger partial charge >= 0.3 is 0 Å². The Hall–Kier alpha value is -1.78. The molecule has 6 heteroatoms. The third kappa shape index (κ3) is 3.59. The van der Waals surface area contributed by atoms with E-state index in [0.29, 0.717) is 28.0 Å². The normalized spacial score (nSPS) is 10.2. The summed E-state index contributed by atoms with van der Waals surface area (Å²) in [5.41, 5.74) is 7.10. The van der Waals surface area contributed by atoms with Gasteiger partial charge in [-0.2, -0.15) is 0 Å². The van der Waals surface area contributed by atoms with Crippen LogP contribution in [0.4, 0.5) is 5.69 Å². The number of carbonyl (C=O) groups excluding carboxylic acids is 1. The van der Waals surface area contributed by atoms with Gasteiger partial charge < -0.3 is 11.1 Å². The molecule has 0 aliphatic heterocycles. The van der Waals surface area contributed by atoms with Gasteiger partial charge in [0.15, 0.2) is 0 Å². The fourth-order valence-corrected chi connectivity index (χ4v) is 1.99. The maximum atomic E-state index is 11.3. The average Bonchev–Trinajstić information content (AvgIpc) is 2.36. The molecule has 0 saturated heterocycles. The number of hydrogen-bond acceptors (Lipinski definition) is 3. The van der Waals surface area contributed by atoms with Gasteiger partial charge in [0.25, 0.3) is 5.91 Å². The minimum absolute atomic E-state index is 0.290. The van der Waals surface area contributed by atoms with E-state index in [1.165, 1.54) is 6.20 Å². The SMILES string of the molecule is NC(=O)c1cnc(Cl)cc1NCc1cccc(Cl)c1. The standard InChI is InChI=1S/C13H11Cl2N3O/c14-9-3-1-2-8(4-9)6-17-11-5-12(15)18-7-10(11)13(16)19/h1-5,7H,6H2,(H2,16,19)(H,17,18). The minimum Gasteiger partial charge on any atom is -0.380 e. The molecule has 0 radical (unpaired) electrons. The number of hydrogen-bond donors (Lipinski definition) is 2. The lowest BCUT2D eigenvalue weighted by atomic mass is 10.2. The monoisotopic (exact) mass is 295 g/mol. The molecule has 4 nitrogen and oxygen atoms in total. The molecule has 2 aromatic rings. The number of nitrogens with two attached hydrogens (primary N) is 1. The molecule has 1 amide bonds. The van der Waals surface area contributed by atoms with Crippen molar-refractivity contribution in [1.82, 2.24) is 4.98 Å². The van der Waals surface area contributed by atoms with Crippen molar-refractivity contribution in [3.05, 3.63) is 57.8 Å². The highest BCUT2D eigenvalue weighted by molar-refractivity contribution is 6.30. The van der Waals surface area contributed by atoms with E-state index in [0.717, 1.165) is 5.56 Å². The van der Waals surface area contributed by atoms with Crippen LogP contribution in [-0.4, -0.2) is 10.9 Å². The number of carbonyl (C=O) groups is 1. The predicted octanol–water partition coefficient (Wildman–Crippen LogP) is 3.10. The van der Waals surface area contributed by atoms with Crippen molar-refractivity contribution >= 4 is 34.8 Å². The predicted molar refractivity (Wildman–Crippen MR) is 76.5 cm³/mol. The van der Waals surface area contributed by atoms with Crippen molar-refractivity contribution in [3.8, 4) is 0 Å². The van der Waals surface area contributed by atoms with Crippen molar-refractivity contribution in [2.45, 2.75) is 6.54 Å². The topological polar surface area (TPSA) is 68.0 Å². The number of amides is 1.